The average Bonchev–Trinajstić information content (AvgIpc) is 3.67. The summed E-state index contributed by atoms with van der Waals surface area (Å²) >= 11 is 1.12. The molecular weight excluding hydrogens is 708 g/mol. The third kappa shape index (κ3) is 9.10. The van der Waals surface area contributed by atoms with E-state index in [-0.39, 0.29) is 42.4 Å². The maximum atomic E-state index is 14.2. The van der Waals surface area contributed by atoms with Crippen LogP contribution in [0.3, 0.4) is 0 Å². The lowest BCUT2D eigenvalue weighted by atomic mass is 10.0. The number of alkyl halides is 3. The number of amides is 2. The van der Waals surface area contributed by atoms with E-state index in [4.69, 9.17) is 5.10 Å². The van der Waals surface area contributed by atoms with Crippen LogP contribution in [-0.4, -0.2) is 149 Å². The van der Waals surface area contributed by atoms with Gasteiger partial charge in [-0.3, -0.25) is 19.2 Å². The number of aliphatic hydroxyl groups is 1. The number of hydrogen-bond donors (Lipinski definition) is 1. The van der Waals surface area contributed by atoms with Gasteiger partial charge in [0, 0.05) is 125 Å². The Morgan fingerprint density at radius 2 is 1.75 bits per heavy atom. The van der Waals surface area contributed by atoms with Crippen LogP contribution in [0.25, 0.3) is 11.3 Å². The number of hydrogen-bond acceptors (Lipinski definition) is 9. The molecule has 1 N–H and O–H groups in total. The number of halogens is 3. The number of sulfonamides is 1. The fourth-order valence-electron chi connectivity index (χ4n) is 7.75. The fraction of sp³-hybridized carbons (Fsp3) is 0.676. The largest absolute Gasteiger partial charge is 0.417 e. The summed E-state index contributed by atoms with van der Waals surface area (Å²) in [6.07, 6.45) is -0.621. The molecule has 0 bridgehead atoms. The van der Waals surface area contributed by atoms with Crippen LogP contribution in [0.4, 0.5) is 13.2 Å². The number of benzene rings is 1. The summed E-state index contributed by atoms with van der Waals surface area (Å²) in [6, 6.07) is 4.20. The molecule has 282 valence electrons. The van der Waals surface area contributed by atoms with Gasteiger partial charge in [-0.05, 0) is 31.4 Å². The molecular formula is C34H48F3N7O5S2. The second kappa shape index (κ2) is 15.7. The van der Waals surface area contributed by atoms with Crippen LogP contribution in [0.1, 0.15) is 49.4 Å². The van der Waals surface area contributed by atoms with Crippen molar-refractivity contribution in [1.29, 1.82) is 0 Å². The van der Waals surface area contributed by atoms with Gasteiger partial charge in [-0.15, -0.1) is 11.8 Å². The van der Waals surface area contributed by atoms with Gasteiger partial charge in [0.1, 0.15) is 0 Å². The standard InChI is InChI=1S/C34H48F3N7O5S2/c1-24(45)41-16-14-39(15-17-41)18-19-50-31-20-25(5-6-29(31)34(35,36)37)33-28-23-42(51(2,48)49)13-9-30(28)44(38-33)22-27(46)21-40-11-7-26(8-12-40)43-10-3-4-32(43)47/h5-6,20,26-27,46H,3-4,7-19,21-23H2,1-2H3. The number of aromatic nitrogens is 2. The number of carbonyl (C=O) groups is 2. The SMILES string of the molecule is CC(=O)N1CCN(CCSc2cc(-c3nn(CC(O)CN4CCC(N5CCCC5=O)CC4)c4c3CN(S(C)(=O)=O)CC4)ccc2C(F)(F)F)CC1. The van der Waals surface area contributed by atoms with Crippen LogP contribution in [0, 0.1) is 0 Å². The molecule has 0 aliphatic carbocycles. The second-order valence-corrected chi connectivity index (χ2v) is 17.2. The molecule has 0 spiro atoms. The molecule has 12 nitrogen and oxygen atoms in total. The van der Waals surface area contributed by atoms with Crippen LogP contribution in [0.2, 0.25) is 0 Å². The van der Waals surface area contributed by atoms with Crippen molar-refractivity contribution in [3.05, 3.63) is 35.0 Å². The molecule has 2 amide bonds. The van der Waals surface area contributed by atoms with Crippen LogP contribution in [0.15, 0.2) is 23.1 Å². The number of β-amino-alcohol motifs (C(OH)–C–C–N with tert-alkyl or cyclic N) is 1. The first-order valence-corrected chi connectivity index (χ1v) is 20.6. The summed E-state index contributed by atoms with van der Waals surface area (Å²) in [4.78, 5) is 32.0. The Morgan fingerprint density at radius 1 is 1.02 bits per heavy atom. The first-order valence-electron chi connectivity index (χ1n) is 17.7. The number of piperazine rings is 1. The Balaban J connectivity index is 1.19. The maximum Gasteiger partial charge on any atom is 0.417 e. The average molecular weight is 756 g/mol. The molecule has 3 fully saturated rings. The number of likely N-dealkylation sites (tertiary alicyclic amines) is 2. The van der Waals surface area contributed by atoms with Crippen molar-refractivity contribution in [3.63, 3.8) is 0 Å². The first kappa shape index (κ1) is 38.0. The van der Waals surface area contributed by atoms with E-state index in [2.05, 4.69) is 9.80 Å². The molecule has 4 aliphatic rings. The Morgan fingerprint density at radius 3 is 2.37 bits per heavy atom. The summed E-state index contributed by atoms with van der Waals surface area (Å²) < 4.78 is 70.8. The topological polar surface area (TPSA) is 123 Å². The number of carbonyl (C=O) groups excluding carboxylic acids is 2. The van der Waals surface area contributed by atoms with Gasteiger partial charge in [-0.25, -0.2) is 8.42 Å². The van der Waals surface area contributed by atoms with Crippen molar-refractivity contribution in [2.24, 2.45) is 0 Å². The van der Waals surface area contributed by atoms with Gasteiger partial charge in [-0.2, -0.15) is 22.6 Å². The van der Waals surface area contributed by atoms with Crippen molar-refractivity contribution in [2.45, 2.75) is 75.3 Å². The highest BCUT2D eigenvalue weighted by Gasteiger charge is 2.36. The number of rotatable bonds is 11. The number of thioether (sulfide) groups is 1. The van der Waals surface area contributed by atoms with Gasteiger partial charge in [0.05, 0.1) is 30.2 Å². The van der Waals surface area contributed by atoms with Crippen molar-refractivity contribution < 1.29 is 36.3 Å². The highest BCUT2D eigenvalue weighted by Crippen LogP contribution is 2.40. The Bertz CT molecular complexity index is 1690. The third-order valence-corrected chi connectivity index (χ3v) is 12.9. The summed E-state index contributed by atoms with van der Waals surface area (Å²) in [5.41, 5.74) is 1.54. The molecule has 1 aromatic carbocycles. The predicted molar refractivity (Wildman–Crippen MR) is 187 cm³/mol. The normalized spacial score (nSPS) is 21.0. The van der Waals surface area contributed by atoms with Crippen molar-refractivity contribution in [1.82, 2.24) is 33.7 Å². The molecule has 3 saturated heterocycles. The highest BCUT2D eigenvalue weighted by molar-refractivity contribution is 7.99. The first-order chi connectivity index (χ1) is 24.2. The van der Waals surface area contributed by atoms with Crippen LogP contribution < -0.4 is 0 Å². The van der Waals surface area contributed by atoms with Gasteiger partial charge >= 0.3 is 6.18 Å². The minimum Gasteiger partial charge on any atom is -0.390 e. The molecule has 51 heavy (non-hydrogen) atoms. The number of nitrogens with zero attached hydrogens (tertiary/aromatic N) is 7. The number of aliphatic hydroxyl groups excluding tert-OH is 1. The Labute approximate surface area is 301 Å². The van der Waals surface area contributed by atoms with E-state index in [1.807, 2.05) is 4.90 Å². The fourth-order valence-corrected chi connectivity index (χ4v) is 9.66. The van der Waals surface area contributed by atoms with Gasteiger partial charge < -0.3 is 19.8 Å². The minimum atomic E-state index is -4.57. The lowest BCUT2D eigenvalue weighted by molar-refractivity contribution is -0.139. The maximum absolute atomic E-state index is 14.2. The summed E-state index contributed by atoms with van der Waals surface area (Å²) in [7, 11) is -3.54. The zero-order valence-corrected chi connectivity index (χ0v) is 30.9. The smallest absolute Gasteiger partial charge is 0.390 e. The molecule has 2 aromatic rings. The molecule has 5 heterocycles. The van der Waals surface area contributed by atoms with E-state index in [9.17, 15) is 36.3 Å². The van der Waals surface area contributed by atoms with E-state index >= 15 is 0 Å². The molecule has 17 heteroatoms. The lowest BCUT2D eigenvalue weighted by Crippen LogP contribution is -2.48. The lowest BCUT2D eigenvalue weighted by Gasteiger charge is -2.37. The van der Waals surface area contributed by atoms with Gasteiger partial charge in [0.25, 0.3) is 0 Å². The third-order valence-electron chi connectivity index (χ3n) is 10.6. The zero-order chi connectivity index (χ0) is 36.5. The number of fused-ring (bicyclic) bond motifs is 1. The predicted octanol–water partition coefficient (Wildman–Crippen LogP) is 2.59. The highest BCUT2D eigenvalue weighted by atomic mass is 32.2. The van der Waals surface area contributed by atoms with E-state index in [1.54, 1.807) is 9.58 Å². The zero-order valence-electron chi connectivity index (χ0n) is 29.3. The van der Waals surface area contributed by atoms with Crippen LogP contribution >= 0.6 is 11.8 Å². The number of piperidine rings is 1. The minimum absolute atomic E-state index is 0.0158. The van der Waals surface area contributed by atoms with Crippen LogP contribution in [0.5, 0.6) is 0 Å². The van der Waals surface area contributed by atoms with E-state index in [1.165, 1.54) is 23.4 Å². The van der Waals surface area contributed by atoms with Crippen molar-refractivity contribution in [3.8, 4) is 11.3 Å². The monoisotopic (exact) mass is 755 g/mol. The molecule has 0 saturated carbocycles. The Hall–Kier alpha value is -2.70. The summed E-state index contributed by atoms with van der Waals surface area (Å²) in [5.74, 6) is 0.655. The molecule has 1 atom stereocenters. The van der Waals surface area contributed by atoms with Gasteiger partial charge in [-0.1, -0.05) is 6.07 Å². The van der Waals surface area contributed by atoms with Crippen molar-refractivity contribution >= 4 is 33.6 Å². The molecule has 4 aliphatic heterocycles. The van der Waals surface area contributed by atoms with E-state index < -0.39 is 27.9 Å². The molecule has 6 rings (SSSR count). The Kier molecular flexibility index (Phi) is 11.7. The van der Waals surface area contributed by atoms with E-state index in [0.717, 1.165) is 68.7 Å². The van der Waals surface area contributed by atoms with Gasteiger partial charge in [0.15, 0.2) is 0 Å². The quantitative estimate of drug-likeness (QED) is 0.345. The van der Waals surface area contributed by atoms with E-state index in [0.29, 0.717) is 74.7 Å². The van der Waals surface area contributed by atoms with Crippen LogP contribution in [-0.2, 0) is 45.3 Å². The molecule has 1 aromatic heterocycles. The van der Waals surface area contributed by atoms with Gasteiger partial charge in [0.2, 0.25) is 21.8 Å². The molecule has 0 radical (unpaired) electrons. The van der Waals surface area contributed by atoms with Crippen molar-refractivity contribution in [2.75, 3.05) is 77.5 Å². The summed E-state index contributed by atoms with van der Waals surface area (Å²) in [6.45, 7) is 7.79. The molecule has 1 unspecified atom stereocenters. The summed E-state index contributed by atoms with van der Waals surface area (Å²) in [5, 5.41) is 16.1. The second-order valence-electron chi connectivity index (χ2n) is 14.1.